The monoisotopic (exact) mass is 449 g/mol. The van der Waals surface area contributed by atoms with Crippen LogP contribution in [0.2, 0.25) is 0 Å². The minimum atomic E-state index is -0.412. The highest BCUT2D eigenvalue weighted by Crippen LogP contribution is 2.37. The summed E-state index contributed by atoms with van der Waals surface area (Å²) in [5.74, 6) is 0.396. The molecule has 1 saturated carbocycles. The van der Waals surface area contributed by atoms with Crippen molar-refractivity contribution in [3.8, 4) is 0 Å². The van der Waals surface area contributed by atoms with Gasteiger partial charge in [-0.2, -0.15) is 4.99 Å². The first-order valence-electron chi connectivity index (χ1n) is 12.2. The summed E-state index contributed by atoms with van der Waals surface area (Å²) < 4.78 is 0. The number of nitrogens with two attached hydrogens (primary N) is 1. The fourth-order valence-corrected chi connectivity index (χ4v) is 5.39. The number of amides is 1. The Kier molecular flexibility index (Phi) is 7.16. The highest BCUT2D eigenvalue weighted by Gasteiger charge is 2.43. The number of hydrogen-bond acceptors (Lipinski definition) is 5. The molecular weight excluding hydrogens is 414 g/mol. The molecule has 176 valence electrons. The number of hydrogen-bond donors (Lipinski definition) is 3. The number of fused-ring (bicyclic) bond motifs is 1. The average molecular weight is 450 g/mol. The number of nitrogens with one attached hydrogen (secondary N) is 1. The zero-order valence-corrected chi connectivity index (χ0v) is 19.7. The third-order valence-electron chi connectivity index (χ3n) is 7.36. The van der Waals surface area contributed by atoms with Gasteiger partial charge < -0.3 is 21.1 Å². The molecule has 1 aliphatic heterocycles. The number of aromatic nitrogens is 1. The minimum absolute atomic E-state index is 0.0873. The molecule has 1 aliphatic carbocycles. The Morgan fingerprint density at radius 2 is 2.15 bits per heavy atom. The standard InChI is InChI=1S/C26H35N5O2/c1-3-26(17-32)16-31(14-13-23(26)29-20-10-5-4-6-11-20)24-21(25(33)28-18(2)27)15-19-9-7-8-12-22(19)30-24/h8,12,15,20,23,29,32H,3-6,10-11,13-14,16-17H2,1-2H3,(H2,27,28,33). The summed E-state index contributed by atoms with van der Waals surface area (Å²) in [6.45, 7) is 5.20. The summed E-state index contributed by atoms with van der Waals surface area (Å²) >= 11 is 0. The van der Waals surface area contributed by atoms with Crippen molar-refractivity contribution >= 4 is 28.5 Å². The van der Waals surface area contributed by atoms with Gasteiger partial charge in [-0.3, -0.25) is 4.79 Å². The van der Waals surface area contributed by atoms with Crippen LogP contribution in [0.5, 0.6) is 0 Å². The number of aliphatic hydroxyl groups excluding tert-OH is 1. The topological polar surface area (TPSA) is 104 Å². The molecule has 4 N–H and O–H groups in total. The minimum Gasteiger partial charge on any atom is -0.396 e. The normalized spacial score (nSPS) is 24.6. The summed E-state index contributed by atoms with van der Waals surface area (Å²) in [6.07, 6.45) is 8.00. The van der Waals surface area contributed by atoms with Crippen LogP contribution in [0, 0.1) is 17.5 Å². The summed E-state index contributed by atoms with van der Waals surface area (Å²) in [4.78, 5) is 23.9. The largest absolute Gasteiger partial charge is 0.396 e. The lowest BCUT2D eigenvalue weighted by atomic mass is 9.73. The number of aliphatic hydroxyl groups is 1. The maximum Gasteiger partial charge on any atom is 0.282 e. The molecule has 1 saturated heterocycles. The van der Waals surface area contributed by atoms with E-state index in [2.05, 4.69) is 34.3 Å². The molecule has 2 heterocycles. The lowest BCUT2D eigenvalue weighted by Crippen LogP contribution is -2.60. The zero-order chi connectivity index (χ0) is 23.4. The number of aliphatic imine (C=N–C) groups is 1. The molecule has 7 heteroatoms. The number of carbonyl (C=O) groups excluding carboxylic acids is 1. The SMILES string of the molecule is CCC1(CO)CN(c2nc3ccc#cc3cc2C(=O)N=C(C)N)CCC1NC1CCCCC1. The van der Waals surface area contributed by atoms with Gasteiger partial charge in [-0.25, -0.2) is 4.98 Å². The van der Waals surface area contributed by atoms with Crippen LogP contribution in [0.1, 0.15) is 69.2 Å². The van der Waals surface area contributed by atoms with Gasteiger partial charge in [0.1, 0.15) is 11.7 Å². The Balaban J connectivity index is 1.67. The van der Waals surface area contributed by atoms with Crippen LogP contribution in [0.4, 0.5) is 5.82 Å². The quantitative estimate of drug-likeness (QED) is 0.462. The van der Waals surface area contributed by atoms with Gasteiger partial charge >= 0.3 is 0 Å². The van der Waals surface area contributed by atoms with Crippen LogP contribution in [-0.2, 0) is 0 Å². The Morgan fingerprint density at radius 1 is 1.36 bits per heavy atom. The number of pyridine rings is 1. The molecule has 1 aromatic carbocycles. The van der Waals surface area contributed by atoms with E-state index in [1.54, 1.807) is 19.1 Å². The summed E-state index contributed by atoms with van der Waals surface area (Å²) in [7, 11) is 0. The molecule has 33 heavy (non-hydrogen) atoms. The molecule has 1 amide bonds. The van der Waals surface area contributed by atoms with Crippen LogP contribution < -0.4 is 16.0 Å². The predicted octanol–water partition coefficient (Wildman–Crippen LogP) is 3.24. The second kappa shape index (κ2) is 10.1. The molecule has 0 bridgehead atoms. The molecule has 4 rings (SSSR count). The van der Waals surface area contributed by atoms with Crippen molar-refractivity contribution < 1.29 is 9.90 Å². The van der Waals surface area contributed by atoms with Crippen molar-refractivity contribution in [3.63, 3.8) is 0 Å². The number of piperidine rings is 1. The molecule has 7 nitrogen and oxygen atoms in total. The highest BCUT2D eigenvalue weighted by molar-refractivity contribution is 6.07. The van der Waals surface area contributed by atoms with E-state index in [4.69, 9.17) is 10.7 Å². The number of carbonyl (C=O) groups is 1. The first-order chi connectivity index (χ1) is 16.0. The van der Waals surface area contributed by atoms with Crippen LogP contribution in [-0.4, -0.2) is 53.6 Å². The molecule has 0 radical (unpaired) electrons. The maximum atomic E-state index is 13.0. The van der Waals surface area contributed by atoms with Gasteiger partial charge in [-0.05, 0) is 50.8 Å². The Labute approximate surface area is 196 Å². The first-order valence-corrected chi connectivity index (χ1v) is 12.2. The fraction of sp³-hybridized carbons (Fsp3) is 0.577. The fourth-order valence-electron chi connectivity index (χ4n) is 5.39. The second-order valence-corrected chi connectivity index (χ2v) is 9.59. The summed E-state index contributed by atoms with van der Waals surface area (Å²) in [6, 6.07) is 12.1. The van der Waals surface area contributed by atoms with Crippen LogP contribution in [0.25, 0.3) is 10.9 Å². The van der Waals surface area contributed by atoms with Crippen molar-refractivity contribution in [1.82, 2.24) is 10.3 Å². The first kappa shape index (κ1) is 23.5. The molecule has 2 fully saturated rings. The van der Waals surface area contributed by atoms with Gasteiger partial charge in [-0.1, -0.05) is 38.3 Å². The van der Waals surface area contributed by atoms with Crippen molar-refractivity contribution in [2.45, 2.75) is 70.9 Å². The van der Waals surface area contributed by atoms with Gasteiger partial charge in [0.2, 0.25) is 0 Å². The molecular formula is C26H35N5O2. The van der Waals surface area contributed by atoms with E-state index >= 15 is 0 Å². The van der Waals surface area contributed by atoms with Gasteiger partial charge in [-0.15, -0.1) is 0 Å². The molecule has 0 spiro atoms. The molecule has 1 aromatic heterocycles. The molecule has 2 atom stereocenters. The van der Waals surface area contributed by atoms with Gasteiger partial charge in [0.05, 0.1) is 23.1 Å². The number of anilines is 1. The third kappa shape index (κ3) is 4.97. The lowest BCUT2D eigenvalue weighted by molar-refractivity contribution is 0.0561. The van der Waals surface area contributed by atoms with Crippen LogP contribution >= 0.6 is 0 Å². The number of nitrogens with zero attached hydrogens (tertiary/aromatic N) is 3. The van der Waals surface area contributed by atoms with Crippen LogP contribution in [0.15, 0.2) is 23.2 Å². The number of amidine groups is 1. The van der Waals surface area contributed by atoms with Crippen molar-refractivity contribution in [3.05, 3.63) is 35.9 Å². The van der Waals surface area contributed by atoms with Gasteiger partial charge in [0, 0.05) is 30.6 Å². The summed E-state index contributed by atoms with van der Waals surface area (Å²) in [5.41, 5.74) is 6.55. The maximum absolute atomic E-state index is 13.0. The van der Waals surface area contributed by atoms with E-state index in [1.165, 1.54) is 32.1 Å². The Hall–Kier alpha value is -2.69. The molecule has 2 unspecified atom stereocenters. The van der Waals surface area contributed by atoms with E-state index in [1.807, 2.05) is 6.07 Å². The van der Waals surface area contributed by atoms with E-state index in [0.29, 0.717) is 29.4 Å². The average Bonchev–Trinajstić information content (AvgIpc) is 2.84. The van der Waals surface area contributed by atoms with Crippen molar-refractivity contribution in [1.29, 1.82) is 0 Å². The Bertz CT molecular complexity index is 1010. The van der Waals surface area contributed by atoms with Crippen molar-refractivity contribution in [2.75, 3.05) is 24.6 Å². The predicted molar refractivity (Wildman–Crippen MR) is 131 cm³/mol. The summed E-state index contributed by atoms with van der Waals surface area (Å²) in [5, 5.41) is 15.2. The van der Waals surface area contributed by atoms with Gasteiger partial charge in [0.15, 0.2) is 0 Å². The highest BCUT2D eigenvalue weighted by atomic mass is 16.3. The van der Waals surface area contributed by atoms with Crippen LogP contribution in [0.3, 0.4) is 0 Å². The van der Waals surface area contributed by atoms with E-state index in [0.717, 1.165) is 24.9 Å². The Morgan fingerprint density at radius 3 is 2.85 bits per heavy atom. The molecule has 2 aliphatic rings. The van der Waals surface area contributed by atoms with Crippen molar-refractivity contribution in [2.24, 2.45) is 16.1 Å². The van der Waals surface area contributed by atoms with E-state index in [9.17, 15) is 9.90 Å². The second-order valence-electron chi connectivity index (χ2n) is 9.59. The van der Waals surface area contributed by atoms with E-state index in [-0.39, 0.29) is 23.9 Å². The number of rotatable bonds is 6. The lowest BCUT2D eigenvalue weighted by Gasteiger charge is -2.49. The zero-order valence-electron chi connectivity index (χ0n) is 19.7. The van der Waals surface area contributed by atoms with Gasteiger partial charge in [0.25, 0.3) is 5.91 Å². The van der Waals surface area contributed by atoms with E-state index < -0.39 is 5.91 Å². The smallest absolute Gasteiger partial charge is 0.282 e. The molecule has 2 aromatic rings. The third-order valence-corrected chi connectivity index (χ3v) is 7.36.